The standard InChI is InChI=1S/C9H19N5O2/c10-7(3-1-4-14-9(11)12)8(16)13-5-2-6-15/h6-7H,1-5,10H2,(H,13,16)(H4,11,12,14)/t7-/m0/s1. The maximum Gasteiger partial charge on any atom is 0.236 e. The molecule has 92 valence electrons. The lowest BCUT2D eigenvalue weighted by Crippen LogP contribution is -2.41. The Labute approximate surface area is 94.4 Å². The minimum Gasteiger partial charge on any atom is -0.370 e. The van der Waals surface area contributed by atoms with Gasteiger partial charge in [0, 0.05) is 19.5 Å². The van der Waals surface area contributed by atoms with E-state index in [4.69, 9.17) is 17.2 Å². The van der Waals surface area contributed by atoms with Crippen LogP contribution >= 0.6 is 0 Å². The molecular weight excluding hydrogens is 210 g/mol. The fraction of sp³-hybridized carbons (Fsp3) is 0.667. The summed E-state index contributed by atoms with van der Waals surface area (Å²) in [5.74, 6) is -0.226. The zero-order chi connectivity index (χ0) is 12.4. The van der Waals surface area contributed by atoms with Gasteiger partial charge in [-0.25, -0.2) is 0 Å². The van der Waals surface area contributed by atoms with E-state index >= 15 is 0 Å². The lowest BCUT2D eigenvalue weighted by atomic mass is 10.1. The van der Waals surface area contributed by atoms with E-state index in [0.29, 0.717) is 32.4 Å². The van der Waals surface area contributed by atoms with Gasteiger partial charge < -0.3 is 27.3 Å². The monoisotopic (exact) mass is 229 g/mol. The van der Waals surface area contributed by atoms with E-state index < -0.39 is 6.04 Å². The number of nitrogens with two attached hydrogens (primary N) is 3. The van der Waals surface area contributed by atoms with Crippen LogP contribution in [0, 0.1) is 0 Å². The highest BCUT2D eigenvalue weighted by Gasteiger charge is 2.11. The van der Waals surface area contributed by atoms with Crippen molar-refractivity contribution in [1.29, 1.82) is 0 Å². The average Bonchev–Trinajstić information content (AvgIpc) is 2.24. The third-order valence-electron chi connectivity index (χ3n) is 1.87. The van der Waals surface area contributed by atoms with Crippen molar-refractivity contribution in [2.24, 2.45) is 22.2 Å². The van der Waals surface area contributed by atoms with Gasteiger partial charge in [0.2, 0.25) is 5.91 Å². The Hall–Kier alpha value is -1.63. The second kappa shape index (κ2) is 8.66. The number of guanidine groups is 1. The Bertz CT molecular complexity index is 250. The first-order valence-corrected chi connectivity index (χ1v) is 5.10. The van der Waals surface area contributed by atoms with Crippen molar-refractivity contribution < 1.29 is 9.59 Å². The van der Waals surface area contributed by atoms with Gasteiger partial charge in [-0.3, -0.25) is 9.79 Å². The van der Waals surface area contributed by atoms with Crippen LogP contribution in [0.5, 0.6) is 0 Å². The summed E-state index contributed by atoms with van der Waals surface area (Å²) in [6, 6.07) is -0.583. The Morgan fingerprint density at radius 3 is 2.69 bits per heavy atom. The Balaban J connectivity index is 3.62. The Kier molecular flexibility index (Phi) is 7.78. The van der Waals surface area contributed by atoms with Gasteiger partial charge in [0.15, 0.2) is 5.96 Å². The summed E-state index contributed by atoms with van der Waals surface area (Å²) >= 11 is 0. The third kappa shape index (κ3) is 7.74. The van der Waals surface area contributed by atoms with E-state index in [1.54, 1.807) is 0 Å². The topological polar surface area (TPSA) is 137 Å². The van der Waals surface area contributed by atoms with Crippen LogP contribution in [0.2, 0.25) is 0 Å². The van der Waals surface area contributed by atoms with Gasteiger partial charge in [0.25, 0.3) is 0 Å². The lowest BCUT2D eigenvalue weighted by Gasteiger charge is -2.10. The summed E-state index contributed by atoms with van der Waals surface area (Å²) in [6.45, 7) is 0.779. The minimum atomic E-state index is -0.583. The maximum atomic E-state index is 11.3. The number of carbonyl (C=O) groups is 2. The molecule has 7 N–H and O–H groups in total. The highest BCUT2D eigenvalue weighted by Crippen LogP contribution is 1.95. The molecule has 0 saturated heterocycles. The maximum absolute atomic E-state index is 11.3. The van der Waals surface area contributed by atoms with Crippen molar-refractivity contribution in [3.63, 3.8) is 0 Å². The van der Waals surface area contributed by atoms with Gasteiger partial charge in [-0.1, -0.05) is 0 Å². The highest BCUT2D eigenvalue weighted by atomic mass is 16.2. The number of rotatable bonds is 8. The normalized spacial score (nSPS) is 11.6. The fourth-order valence-electron chi connectivity index (χ4n) is 1.04. The molecule has 1 atom stereocenters. The number of hydrogen-bond donors (Lipinski definition) is 4. The molecule has 0 unspecified atom stereocenters. The van der Waals surface area contributed by atoms with Crippen molar-refractivity contribution in [3.8, 4) is 0 Å². The molecule has 0 saturated carbocycles. The molecule has 0 rings (SSSR count). The first-order valence-electron chi connectivity index (χ1n) is 5.10. The number of nitrogens with zero attached hydrogens (tertiary/aromatic N) is 1. The predicted molar refractivity (Wildman–Crippen MR) is 61.6 cm³/mol. The van der Waals surface area contributed by atoms with E-state index in [0.717, 1.165) is 6.29 Å². The molecule has 1 amide bonds. The summed E-state index contributed by atoms with van der Waals surface area (Å²) in [4.78, 5) is 25.1. The molecule has 0 aliphatic rings. The van der Waals surface area contributed by atoms with E-state index in [1.807, 2.05) is 0 Å². The summed E-state index contributed by atoms with van der Waals surface area (Å²) in [5, 5.41) is 2.55. The lowest BCUT2D eigenvalue weighted by molar-refractivity contribution is -0.122. The molecule has 0 aliphatic heterocycles. The molecule has 0 spiro atoms. The largest absolute Gasteiger partial charge is 0.370 e. The highest BCUT2D eigenvalue weighted by molar-refractivity contribution is 5.81. The molecule has 7 heteroatoms. The quantitative estimate of drug-likeness (QED) is 0.166. The number of carbonyl (C=O) groups excluding carboxylic acids is 2. The summed E-state index contributed by atoms with van der Waals surface area (Å²) < 4.78 is 0. The van der Waals surface area contributed by atoms with Crippen LogP contribution in [-0.2, 0) is 9.59 Å². The van der Waals surface area contributed by atoms with Gasteiger partial charge in [-0.05, 0) is 12.8 Å². The van der Waals surface area contributed by atoms with Crippen LogP contribution in [0.4, 0.5) is 0 Å². The zero-order valence-corrected chi connectivity index (χ0v) is 9.19. The molecule has 0 bridgehead atoms. The van der Waals surface area contributed by atoms with Crippen LogP contribution < -0.4 is 22.5 Å². The summed E-state index contributed by atoms with van der Waals surface area (Å²) in [5.41, 5.74) is 15.9. The van der Waals surface area contributed by atoms with E-state index in [1.165, 1.54) is 0 Å². The zero-order valence-electron chi connectivity index (χ0n) is 9.19. The number of aldehydes is 1. The van der Waals surface area contributed by atoms with Crippen LogP contribution in [0.25, 0.3) is 0 Å². The average molecular weight is 229 g/mol. The first-order chi connectivity index (χ1) is 7.57. The Morgan fingerprint density at radius 2 is 2.12 bits per heavy atom. The van der Waals surface area contributed by atoms with Crippen LogP contribution in [0.15, 0.2) is 4.99 Å². The van der Waals surface area contributed by atoms with Gasteiger partial charge in [-0.15, -0.1) is 0 Å². The van der Waals surface area contributed by atoms with E-state index in [2.05, 4.69) is 10.3 Å². The second-order valence-corrected chi connectivity index (χ2v) is 3.30. The second-order valence-electron chi connectivity index (χ2n) is 3.30. The third-order valence-corrected chi connectivity index (χ3v) is 1.87. The van der Waals surface area contributed by atoms with Crippen molar-refractivity contribution in [2.75, 3.05) is 13.1 Å². The van der Waals surface area contributed by atoms with Gasteiger partial charge in [-0.2, -0.15) is 0 Å². The van der Waals surface area contributed by atoms with Crippen molar-refractivity contribution in [1.82, 2.24) is 5.32 Å². The SMILES string of the molecule is NC(N)=NCCC[C@H](N)C(=O)NCCC=O. The predicted octanol–water partition coefficient (Wildman–Crippen LogP) is -1.93. The van der Waals surface area contributed by atoms with E-state index in [9.17, 15) is 9.59 Å². The van der Waals surface area contributed by atoms with Crippen LogP contribution in [-0.4, -0.2) is 37.3 Å². The molecule has 0 fully saturated rings. The van der Waals surface area contributed by atoms with Crippen molar-refractivity contribution in [3.05, 3.63) is 0 Å². The fourth-order valence-corrected chi connectivity index (χ4v) is 1.04. The minimum absolute atomic E-state index is 0.0315. The molecule has 0 aromatic rings. The van der Waals surface area contributed by atoms with E-state index in [-0.39, 0.29) is 11.9 Å². The number of aliphatic imine (C=N–C) groups is 1. The van der Waals surface area contributed by atoms with Crippen LogP contribution in [0.1, 0.15) is 19.3 Å². The number of hydrogen-bond acceptors (Lipinski definition) is 4. The molecule has 0 radical (unpaired) electrons. The summed E-state index contributed by atoms with van der Waals surface area (Å²) in [6.07, 6.45) is 2.18. The number of nitrogens with one attached hydrogen (secondary N) is 1. The first kappa shape index (κ1) is 14.4. The molecule has 0 aromatic heterocycles. The van der Waals surface area contributed by atoms with Crippen molar-refractivity contribution >= 4 is 18.2 Å². The molecular formula is C9H19N5O2. The molecule has 0 aliphatic carbocycles. The van der Waals surface area contributed by atoms with Gasteiger partial charge in [0.1, 0.15) is 6.29 Å². The molecule has 7 nitrogen and oxygen atoms in total. The molecule has 0 aromatic carbocycles. The van der Waals surface area contributed by atoms with Crippen LogP contribution in [0.3, 0.4) is 0 Å². The smallest absolute Gasteiger partial charge is 0.236 e. The Morgan fingerprint density at radius 1 is 1.44 bits per heavy atom. The van der Waals surface area contributed by atoms with Gasteiger partial charge in [0.05, 0.1) is 6.04 Å². The number of amides is 1. The summed E-state index contributed by atoms with van der Waals surface area (Å²) in [7, 11) is 0. The molecule has 16 heavy (non-hydrogen) atoms. The van der Waals surface area contributed by atoms with Crippen molar-refractivity contribution in [2.45, 2.75) is 25.3 Å². The van der Waals surface area contributed by atoms with Gasteiger partial charge >= 0.3 is 0 Å². The molecule has 0 heterocycles.